The topological polar surface area (TPSA) is 53.1 Å². The summed E-state index contributed by atoms with van der Waals surface area (Å²) in [5, 5.41) is 6.53. The molecule has 0 atom stereocenters. The molecule has 0 aliphatic carbocycles. The molecule has 0 saturated carbocycles. The van der Waals surface area contributed by atoms with Crippen LogP contribution in [0.15, 0.2) is 36.5 Å². The molecule has 112 valence electrons. The highest BCUT2D eigenvalue weighted by atomic mass is 15.1. The van der Waals surface area contributed by atoms with Gasteiger partial charge in [0.15, 0.2) is 0 Å². The van der Waals surface area contributed by atoms with Gasteiger partial charge in [0.05, 0.1) is 0 Å². The van der Waals surface area contributed by atoms with Crippen molar-refractivity contribution in [2.45, 2.75) is 13.3 Å². The van der Waals surface area contributed by atoms with Gasteiger partial charge in [0, 0.05) is 18.4 Å². The van der Waals surface area contributed by atoms with Gasteiger partial charge in [-0.15, -0.1) is 0 Å². The number of aromatic nitrogens is 2. The Bertz CT molecular complexity index is 551. The molecule has 0 aliphatic heterocycles. The molecule has 0 unspecified atom stereocenters. The van der Waals surface area contributed by atoms with Crippen LogP contribution in [0.1, 0.15) is 12.0 Å². The molecule has 0 bridgehead atoms. The average Bonchev–Trinajstić information content (AvgIpc) is 2.46. The van der Waals surface area contributed by atoms with Crippen molar-refractivity contribution < 1.29 is 0 Å². The molecule has 0 fully saturated rings. The quantitative estimate of drug-likeness (QED) is 0.766. The molecule has 1 heterocycles. The molecule has 1 aromatic heterocycles. The summed E-state index contributed by atoms with van der Waals surface area (Å²) in [5.74, 6) is 1.45. The van der Waals surface area contributed by atoms with Crippen molar-refractivity contribution in [2.24, 2.45) is 0 Å². The number of hydrogen-bond acceptors (Lipinski definition) is 5. The third kappa shape index (κ3) is 5.39. The molecule has 5 heteroatoms. The SMILES string of the molecule is Cc1ccc(Nc2nccc(NCCCN(C)C)n2)cc1. The molecule has 5 nitrogen and oxygen atoms in total. The van der Waals surface area contributed by atoms with E-state index in [1.165, 1.54) is 5.56 Å². The Kier molecular flexibility index (Phi) is 5.51. The number of rotatable bonds is 7. The number of anilines is 3. The number of benzene rings is 1. The second kappa shape index (κ2) is 7.59. The lowest BCUT2D eigenvalue weighted by atomic mass is 10.2. The van der Waals surface area contributed by atoms with Crippen molar-refractivity contribution in [2.75, 3.05) is 37.8 Å². The minimum Gasteiger partial charge on any atom is -0.370 e. The van der Waals surface area contributed by atoms with Gasteiger partial charge in [0.25, 0.3) is 0 Å². The summed E-state index contributed by atoms with van der Waals surface area (Å²) in [6, 6.07) is 10.1. The number of nitrogens with one attached hydrogen (secondary N) is 2. The molecule has 2 rings (SSSR count). The molecule has 2 aromatic rings. The highest BCUT2D eigenvalue weighted by Crippen LogP contribution is 2.14. The van der Waals surface area contributed by atoms with E-state index in [-0.39, 0.29) is 0 Å². The fourth-order valence-electron chi connectivity index (χ4n) is 1.90. The van der Waals surface area contributed by atoms with E-state index < -0.39 is 0 Å². The van der Waals surface area contributed by atoms with Crippen LogP contribution >= 0.6 is 0 Å². The van der Waals surface area contributed by atoms with Crippen LogP contribution in [-0.4, -0.2) is 42.1 Å². The Morgan fingerprint density at radius 2 is 1.86 bits per heavy atom. The van der Waals surface area contributed by atoms with E-state index in [0.29, 0.717) is 5.95 Å². The number of aryl methyl sites for hydroxylation is 1. The van der Waals surface area contributed by atoms with Crippen LogP contribution in [0.5, 0.6) is 0 Å². The summed E-state index contributed by atoms with van der Waals surface area (Å²) in [5.41, 5.74) is 2.23. The Labute approximate surface area is 126 Å². The van der Waals surface area contributed by atoms with Crippen molar-refractivity contribution in [3.63, 3.8) is 0 Å². The second-order valence-corrected chi connectivity index (χ2v) is 5.34. The van der Waals surface area contributed by atoms with Gasteiger partial charge in [-0.2, -0.15) is 4.98 Å². The molecule has 21 heavy (non-hydrogen) atoms. The lowest BCUT2D eigenvalue weighted by molar-refractivity contribution is 0.405. The van der Waals surface area contributed by atoms with Crippen LogP contribution in [0.3, 0.4) is 0 Å². The maximum absolute atomic E-state index is 4.46. The monoisotopic (exact) mass is 285 g/mol. The van der Waals surface area contributed by atoms with E-state index in [0.717, 1.165) is 31.0 Å². The molecule has 0 amide bonds. The third-order valence-electron chi connectivity index (χ3n) is 3.05. The highest BCUT2D eigenvalue weighted by Gasteiger charge is 2.00. The Hall–Kier alpha value is -2.14. The van der Waals surface area contributed by atoms with Gasteiger partial charge in [-0.1, -0.05) is 17.7 Å². The van der Waals surface area contributed by atoms with Crippen molar-refractivity contribution in [1.82, 2.24) is 14.9 Å². The molecule has 0 spiro atoms. The summed E-state index contributed by atoms with van der Waals surface area (Å²) in [6.45, 7) is 4.03. The van der Waals surface area contributed by atoms with E-state index >= 15 is 0 Å². The number of hydrogen-bond donors (Lipinski definition) is 2. The van der Waals surface area contributed by atoms with E-state index in [1.54, 1.807) is 6.20 Å². The van der Waals surface area contributed by atoms with Crippen LogP contribution in [0.2, 0.25) is 0 Å². The Morgan fingerprint density at radius 1 is 1.10 bits per heavy atom. The van der Waals surface area contributed by atoms with Gasteiger partial charge in [-0.05, 0) is 52.2 Å². The standard InChI is InChI=1S/C16H23N5/c1-13-5-7-14(8-6-13)19-16-18-11-9-15(20-16)17-10-4-12-21(2)3/h5-9,11H,4,10,12H2,1-3H3,(H2,17,18,19,20). The molecule has 2 N–H and O–H groups in total. The third-order valence-corrected chi connectivity index (χ3v) is 3.05. The smallest absolute Gasteiger partial charge is 0.229 e. The van der Waals surface area contributed by atoms with Crippen LogP contribution in [0.25, 0.3) is 0 Å². The summed E-state index contributed by atoms with van der Waals surface area (Å²) >= 11 is 0. The van der Waals surface area contributed by atoms with Crippen molar-refractivity contribution in [3.8, 4) is 0 Å². The first-order chi connectivity index (χ1) is 10.1. The lowest BCUT2D eigenvalue weighted by Crippen LogP contribution is -2.16. The minimum absolute atomic E-state index is 0.608. The first kappa shape index (κ1) is 15.3. The van der Waals surface area contributed by atoms with Gasteiger partial charge >= 0.3 is 0 Å². The molecular formula is C16H23N5. The fourth-order valence-corrected chi connectivity index (χ4v) is 1.90. The van der Waals surface area contributed by atoms with Gasteiger partial charge in [0.1, 0.15) is 5.82 Å². The van der Waals surface area contributed by atoms with E-state index in [2.05, 4.69) is 58.7 Å². The maximum Gasteiger partial charge on any atom is 0.229 e. The van der Waals surface area contributed by atoms with E-state index in [1.807, 2.05) is 18.2 Å². The lowest BCUT2D eigenvalue weighted by Gasteiger charge is -2.11. The fraction of sp³-hybridized carbons (Fsp3) is 0.375. The largest absolute Gasteiger partial charge is 0.370 e. The van der Waals surface area contributed by atoms with Gasteiger partial charge in [0.2, 0.25) is 5.95 Å². The maximum atomic E-state index is 4.46. The van der Waals surface area contributed by atoms with Crippen LogP contribution in [0.4, 0.5) is 17.5 Å². The molecule has 0 aliphatic rings. The first-order valence-corrected chi connectivity index (χ1v) is 7.19. The predicted octanol–water partition coefficient (Wildman–Crippen LogP) is 2.89. The second-order valence-electron chi connectivity index (χ2n) is 5.34. The van der Waals surface area contributed by atoms with E-state index in [9.17, 15) is 0 Å². The summed E-state index contributed by atoms with van der Waals surface area (Å²) in [6.07, 6.45) is 2.84. The van der Waals surface area contributed by atoms with E-state index in [4.69, 9.17) is 0 Å². The van der Waals surface area contributed by atoms with Crippen LogP contribution in [0, 0.1) is 6.92 Å². The van der Waals surface area contributed by atoms with Gasteiger partial charge < -0.3 is 15.5 Å². The highest BCUT2D eigenvalue weighted by molar-refractivity contribution is 5.54. The number of nitrogens with zero attached hydrogens (tertiary/aromatic N) is 3. The summed E-state index contributed by atoms with van der Waals surface area (Å²) in [7, 11) is 4.16. The van der Waals surface area contributed by atoms with Crippen LogP contribution in [-0.2, 0) is 0 Å². The molecular weight excluding hydrogens is 262 g/mol. The predicted molar refractivity (Wildman–Crippen MR) is 88.2 cm³/mol. The zero-order valence-corrected chi connectivity index (χ0v) is 12.9. The molecule has 1 aromatic carbocycles. The summed E-state index contributed by atoms with van der Waals surface area (Å²) in [4.78, 5) is 10.9. The summed E-state index contributed by atoms with van der Waals surface area (Å²) < 4.78 is 0. The molecule has 0 radical (unpaired) electrons. The van der Waals surface area contributed by atoms with Crippen LogP contribution < -0.4 is 10.6 Å². The molecule has 0 saturated heterocycles. The zero-order valence-electron chi connectivity index (χ0n) is 12.9. The average molecular weight is 285 g/mol. The van der Waals surface area contributed by atoms with Gasteiger partial charge in [-0.25, -0.2) is 4.98 Å². The van der Waals surface area contributed by atoms with Crippen molar-refractivity contribution in [1.29, 1.82) is 0 Å². The Balaban J connectivity index is 1.89. The van der Waals surface area contributed by atoms with Gasteiger partial charge in [-0.3, -0.25) is 0 Å². The van der Waals surface area contributed by atoms with Crippen molar-refractivity contribution >= 4 is 17.5 Å². The minimum atomic E-state index is 0.608. The zero-order chi connectivity index (χ0) is 15.1. The Morgan fingerprint density at radius 3 is 2.57 bits per heavy atom. The first-order valence-electron chi connectivity index (χ1n) is 7.19. The van der Waals surface area contributed by atoms with Crippen molar-refractivity contribution in [3.05, 3.63) is 42.1 Å². The normalized spacial score (nSPS) is 10.7.